The van der Waals surface area contributed by atoms with Crippen LogP contribution in [0.15, 0.2) is 147 Å². The second-order valence-electron chi connectivity index (χ2n) is 20.4. The number of benzene rings is 5. The Morgan fingerprint density at radius 1 is 0.581 bits per heavy atom. The highest BCUT2D eigenvalue weighted by atomic mass is 32.2. The smallest absolute Gasteiger partial charge is 0.273 e. The summed E-state index contributed by atoms with van der Waals surface area (Å²) < 4.78 is 2.57. The first-order valence-corrected chi connectivity index (χ1v) is 23.8. The maximum Gasteiger partial charge on any atom is 0.273 e. The van der Waals surface area contributed by atoms with Crippen molar-refractivity contribution in [1.29, 1.82) is 0 Å². The predicted octanol–water partition coefficient (Wildman–Crippen LogP) is 14.0. The lowest BCUT2D eigenvalue weighted by molar-refractivity contribution is 0.590. The molecule has 0 spiro atoms. The Labute approximate surface area is 377 Å². The van der Waals surface area contributed by atoms with Gasteiger partial charge in [0.1, 0.15) is 5.52 Å². The minimum atomic E-state index is -0.0649. The fourth-order valence-corrected chi connectivity index (χ4v) is 12.2. The van der Waals surface area contributed by atoms with Gasteiger partial charge in [0.25, 0.3) is 6.71 Å². The van der Waals surface area contributed by atoms with E-state index in [1.54, 1.807) is 0 Å². The van der Waals surface area contributed by atoms with Gasteiger partial charge in [-0.3, -0.25) is 0 Å². The third-order valence-corrected chi connectivity index (χ3v) is 15.7. The van der Waals surface area contributed by atoms with Gasteiger partial charge >= 0.3 is 0 Å². The lowest BCUT2D eigenvalue weighted by atomic mass is 9.34. The molecule has 6 heteroatoms. The first kappa shape index (κ1) is 39.4. The lowest BCUT2D eigenvalue weighted by Crippen LogP contribution is -2.63. The van der Waals surface area contributed by atoms with Crippen molar-refractivity contribution in [3.63, 3.8) is 0 Å². The second kappa shape index (κ2) is 14.0. The van der Waals surface area contributed by atoms with Gasteiger partial charge in [-0.1, -0.05) is 159 Å². The van der Waals surface area contributed by atoms with Crippen LogP contribution in [0.3, 0.4) is 0 Å². The standard InChI is InChI=1S/C56H52BN3S2/c1-54(2,3)35-22-27-39(28-23-35)58-42-31-26-37(56(7,8)9)34-41(42)57-50-44(58)18-15-19-45(50)59(40-29-24-36(25-30-40)55(4,5)6)51-49-43(60(53(51)57)38-16-11-10-12-17-38)32-33-48-52(49)62-47-21-14-13-20-46(47)61-48/h11,13-31,34H,10,12H2,1-9H3. The van der Waals surface area contributed by atoms with Crippen LogP contribution in [0.4, 0.5) is 34.1 Å². The summed E-state index contributed by atoms with van der Waals surface area (Å²) in [6.07, 6.45) is 9.17. The summed E-state index contributed by atoms with van der Waals surface area (Å²) in [7, 11) is 0. The molecule has 4 aliphatic rings. The Bertz CT molecular complexity index is 3020. The molecule has 0 radical (unpaired) electrons. The van der Waals surface area contributed by atoms with Gasteiger partial charge < -0.3 is 14.4 Å². The van der Waals surface area contributed by atoms with E-state index in [1.165, 1.54) is 87.4 Å². The van der Waals surface area contributed by atoms with E-state index in [-0.39, 0.29) is 23.0 Å². The minimum absolute atomic E-state index is 0.0288. The van der Waals surface area contributed by atoms with Crippen molar-refractivity contribution in [3.05, 3.63) is 156 Å². The summed E-state index contributed by atoms with van der Waals surface area (Å²) in [5.41, 5.74) is 17.5. The van der Waals surface area contributed by atoms with Crippen LogP contribution in [-0.2, 0) is 16.2 Å². The second-order valence-corrected chi connectivity index (χ2v) is 22.5. The molecular weight excluding hydrogens is 790 g/mol. The number of anilines is 6. The van der Waals surface area contributed by atoms with E-state index in [9.17, 15) is 0 Å². The molecule has 1 aromatic heterocycles. The summed E-state index contributed by atoms with van der Waals surface area (Å²) in [6, 6.07) is 49.4. The van der Waals surface area contributed by atoms with Crippen LogP contribution in [0.25, 0.3) is 16.6 Å². The molecule has 0 bridgehead atoms. The van der Waals surface area contributed by atoms with Crippen molar-refractivity contribution >= 4 is 97.5 Å². The summed E-state index contributed by atoms with van der Waals surface area (Å²) in [6.45, 7) is 20.7. The SMILES string of the molecule is CC(C)(C)c1ccc(N2c3ccc(C(C)(C)C)cc3B3c4c2cccc4N(c2ccc(C(C)(C)C)cc2)c2c3n(C3=CCCC=C3)c3c#cc4c(c23)Sc2ccccc2S4)cc1. The molecule has 0 saturated carbocycles. The Morgan fingerprint density at radius 3 is 1.79 bits per heavy atom. The summed E-state index contributed by atoms with van der Waals surface area (Å²) in [4.78, 5) is 10.1. The van der Waals surface area contributed by atoms with Crippen LogP contribution >= 0.6 is 23.5 Å². The van der Waals surface area contributed by atoms with Crippen LogP contribution in [0.1, 0.15) is 91.8 Å². The number of nitrogens with zero attached hydrogens (tertiary/aromatic N) is 3. The van der Waals surface area contributed by atoms with Crippen LogP contribution in [0, 0.1) is 12.1 Å². The Hall–Kier alpha value is -5.48. The molecule has 7 aromatic rings. The van der Waals surface area contributed by atoms with Crippen molar-refractivity contribution in [2.45, 2.75) is 111 Å². The van der Waals surface area contributed by atoms with Crippen LogP contribution < -0.4 is 26.3 Å². The molecule has 0 N–H and O–H groups in total. The molecule has 0 saturated heterocycles. The van der Waals surface area contributed by atoms with Gasteiger partial charge in [0.15, 0.2) is 0 Å². The van der Waals surface area contributed by atoms with Gasteiger partial charge in [-0.25, -0.2) is 0 Å². The number of hydrogen-bond donors (Lipinski definition) is 0. The molecule has 3 nitrogen and oxygen atoms in total. The zero-order valence-electron chi connectivity index (χ0n) is 37.3. The summed E-state index contributed by atoms with van der Waals surface area (Å²) >= 11 is 3.71. The Balaban J connectivity index is 1.28. The van der Waals surface area contributed by atoms with Crippen molar-refractivity contribution in [1.82, 2.24) is 4.57 Å². The minimum Gasteiger partial charge on any atom is -0.313 e. The zero-order valence-corrected chi connectivity index (χ0v) is 38.9. The quantitative estimate of drug-likeness (QED) is 0.164. The van der Waals surface area contributed by atoms with E-state index >= 15 is 0 Å². The molecule has 11 rings (SSSR count). The van der Waals surface area contributed by atoms with E-state index in [4.69, 9.17) is 0 Å². The van der Waals surface area contributed by atoms with Crippen molar-refractivity contribution in [2.24, 2.45) is 0 Å². The third-order valence-electron chi connectivity index (χ3n) is 13.2. The maximum absolute atomic E-state index is 3.84. The van der Waals surface area contributed by atoms with Crippen LogP contribution in [0.5, 0.6) is 0 Å². The Morgan fingerprint density at radius 2 is 1.18 bits per heavy atom. The van der Waals surface area contributed by atoms with Gasteiger partial charge in [0, 0.05) is 59.8 Å². The summed E-state index contributed by atoms with van der Waals surface area (Å²) in [5.74, 6) is 0. The number of rotatable bonds is 3. The maximum atomic E-state index is 3.84. The molecule has 4 heterocycles. The van der Waals surface area contributed by atoms with E-state index < -0.39 is 0 Å². The van der Waals surface area contributed by atoms with E-state index in [1.807, 2.05) is 23.5 Å². The molecule has 3 aliphatic heterocycles. The highest BCUT2D eigenvalue weighted by Crippen LogP contribution is 2.55. The van der Waals surface area contributed by atoms with Crippen LogP contribution in [0.2, 0.25) is 0 Å². The molecule has 306 valence electrons. The average Bonchev–Trinajstić information content (AvgIpc) is 3.60. The molecular formula is C56H52BN3S2. The molecule has 0 amide bonds. The topological polar surface area (TPSA) is 11.4 Å². The highest BCUT2D eigenvalue weighted by Gasteiger charge is 2.48. The molecule has 62 heavy (non-hydrogen) atoms. The van der Waals surface area contributed by atoms with Gasteiger partial charge in [-0.05, 0) is 123 Å². The fraction of sp³-hybridized carbons (Fsp3) is 0.250. The summed E-state index contributed by atoms with van der Waals surface area (Å²) in [5, 5.41) is 1.24. The normalized spacial score (nSPS) is 15.4. The largest absolute Gasteiger partial charge is 0.313 e. The first-order valence-electron chi connectivity index (χ1n) is 22.1. The van der Waals surface area contributed by atoms with Gasteiger partial charge in [0.05, 0.1) is 10.6 Å². The first-order chi connectivity index (χ1) is 29.7. The van der Waals surface area contributed by atoms with Gasteiger partial charge in [-0.2, -0.15) is 0 Å². The third kappa shape index (κ3) is 6.14. The molecule has 0 unspecified atom stereocenters. The molecule has 0 atom stereocenters. The predicted molar refractivity (Wildman–Crippen MR) is 267 cm³/mol. The molecule has 1 aliphatic carbocycles. The fourth-order valence-electron chi connectivity index (χ4n) is 9.87. The Kier molecular flexibility index (Phi) is 8.90. The monoisotopic (exact) mass is 841 g/mol. The number of hydrogen-bond acceptors (Lipinski definition) is 4. The average molecular weight is 842 g/mol. The van der Waals surface area contributed by atoms with Crippen molar-refractivity contribution < 1.29 is 0 Å². The van der Waals surface area contributed by atoms with Gasteiger partial charge in [0.2, 0.25) is 0 Å². The van der Waals surface area contributed by atoms with Crippen molar-refractivity contribution in [2.75, 3.05) is 9.80 Å². The zero-order chi connectivity index (χ0) is 42.9. The van der Waals surface area contributed by atoms with Crippen molar-refractivity contribution in [3.8, 4) is 0 Å². The molecule has 0 fully saturated rings. The van der Waals surface area contributed by atoms with E-state index in [0.29, 0.717) is 0 Å². The number of fused-ring (bicyclic) bond motifs is 9. The van der Waals surface area contributed by atoms with Gasteiger partial charge in [-0.15, -0.1) is 0 Å². The van der Waals surface area contributed by atoms with E-state index in [2.05, 4.69) is 216 Å². The number of aromatic nitrogens is 1. The van der Waals surface area contributed by atoms with Crippen LogP contribution in [-0.4, -0.2) is 11.3 Å². The number of allylic oxidation sites excluding steroid dienone is 4. The highest BCUT2D eigenvalue weighted by molar-refractivity contribution is 8.05. The van der Waals surface area contributed by atoms with E-state index in [0.717, 1.165) is 28.9 Å². The lowest BCUT2D eigenvalue weighted by Gasteiger charge is -2.44. The molecule has 6 aromatic carbocycles.